The molecule has 0 amide bonds. The van der Waals surface area contributed by atoms with Crippen molar-refractivity contribution in [2.75, 3.05) is 6.54 Å². The lowest BCUT2D eigenvalue weighted by atomic mass is 10.0. The molecule has 0 aromatic heterocycles. The van der Waals surface area contributed by atoms with E-state index in [2.05, 4.69) is 12.2 Å². The number of benzene rings is 1. The normalized spacial score (nSPS) is 16.5. The van der Waals surface area contributed by atoms with E-state index in [1.54, 1.807) is 12.1 Å². The van der Waals surface area contributed by atoms with E-state index in [9.17, 15) is 10.2 Å². The summed E-state index contributed by atoms with van der Waals surface area (Å²) in [6, 6.07) is 7.54. The number of hydrogen-bond donors (Lipinski definition) is 3. The Labute approximate surface area is 103 Å². The van der Waals surface area contributed by atoms with Crippen molar-refractivity contribution in [3.8, 4) is 5.75 Å². The number of rotatable bonds is 6. The van der Waals surface area contributed by atoms with Crippen molar-refractivity contribution in [2.45, 2.75) is 45.3 Å². The lowest BCUT2D eigenvalue weighted by Crippen LogP contribution is -2.41. The first-order chi connectivity index (χ1) is 7.93. The average molecular weight is 237 g/mol. The fourth-order valence-corrected chi connectivity index (χ4v) is 1.58. The van der Waals surface area contributed by atoms with Gasteiger partial charge in [0.2, 0.25) is 0 Å². The van der Waals surface area contributed by atoms with Crippen molar-refractivity contribution in [3.05, 3.63) is 29.8 Å². The highest BCUT2D eigenvalue weighted by atomic mass is 16.3. The molecule has 0 spiro atoms. The molecule has 2 unspecified atom stereocenters. The van der Waals surface area contributed by atoms with Crippen LogP contribution in [0.1, 0.15) is 32.8 Å². The second-order valence-electron chi connectivity index (χ2n) is 5.00. The standard InChI is InChI=1S/C14H23NO2/c1-4-14(3,17)10-15-11(2)9-12-5-7-13(16)8-6-12/h5-8,11,15-17H,4,9-10H2,1-3H3. The van der Waals surface area contributed by atoms with E-state index in [1.807, 2.05) is 26.0 Å². The van der Waals surface area contributed by atoms with Gasteiger partial charge in [-0.3, -0.25) is 0 Å². The molecule has 1 aromatic rings. The molecule has 0 aliphatic carbocycles. The fourth-order valence-electron chi connectivity index (χ4n) is 1.58. The monoisotopic (exact) mass is 237 g/mol. The van der Waals surface area contributed by atoms with Crippen molar-refractivity contribution in [2.24, 2.45) is 0 Å². The van der Waals surface area contributed by atoms with Crippen LogP contribution in [0.5, 0.6) is 5.75 Å². The molecule has 0 heterocycles. The molecule has 2 atom stereocenters. The van der Waals surface area contributed by atoms with Crippen LogP contribution in [0.15, 0.2) is 24.3 Å². The van der Waals surface area contributed by atoms with Crippen molar-refractivity contribution in [3.63, 3.8) is 0 Å². The minimum Gasteiger partial charge on any atom is -0.508 e. The molecule has 0 aliphatic rings. The Balaban J connectivity index is 2.39. The van der Waals surface area contributed by atoms with E-state index in [0.717, 1.165) is 12.8 Å². The Morgan fingerprint density at radius 2 is 1.88 bits per heavy atom. The van der Waals surface area contributed by atoms with E-state index in [-0.39, 0.29) is 0 Å². The summed E-state index contributed by atoms with van der Waals surface area (Å²) < 4.78 is 0. The van der Waals surface area contributed by atoms with Crippen LogP contribution in [0.3, 0.4) is 0 Å². The second kappa shape index (κ2) is 6.03. The highest BCUT2D eigenvalue weighted by molar-refractivity contribution is 5.26. The lowest BCUT2D eigenvalue weighted by molar-refractivity contribution is 0.0534. The summed E-state index contributed by atoms with van der Waals surface area (Å²) in [7, 11) is 0. The summed E-state index contributed by atoms with van der Waals surface area (Å²) in [5, 5.41) is 22.4. The Morgan fingerprint density at radius 1 is 1.29 bits per heavy atom. The zero-order valence-corrected chi connectivity index (χ0v) is 10.9. The van der Waals surface area contributed by atoms with Crippen LogP contribution in [-0.2, 0) is 6.42 Å². The number of aliphatic hydroxyl groups is 1. The van der Waals surface area contributed by atoms with Gasteiger partial charge in [-0.2, -0.15) is 0 Å². The summed E-state index contributed by atoms with van der Waals surface area (Å²) >= 11 is 0. The van der Waals surface area contributed by atoms with E-state index < -0.39 is 5.60 Å². The Kier molecular flexibility index (Phi) is 4.97. The molecule has 96 valence electrons. The van der Waals surface area contributed by atoms with E-state index in [0.29, 0.717) is 18.3 Å². The highest BCUT2D eigenvalue weighted by Crippen LogP contribution is 2.12. The third-order valence-corrected chi connectivity index (χ3v) is 3.07. The van der Waals surface area contributed by atoms with Gasteiger partial charge in [-0.25, -0.2) is 0 Å². The van der Waals surface area contributed by atoms with Crippen LogP contribution < -0.4 is 5.32 Å². The van der Waals surface area contributed by atoms with Crippen molar-refractivity contribution >= 4 is 0 Å². The SMILES string of the molecule is CCC(C)(O)CNC(C)Cc1ccc(O)cc1. The Bertz CT molecular complexity index is 333. The van der Waals surface area contributed by atoms with Gasteiger partial charge >= 0.3 is 0 Å². The molecular formula is C14H23NO2. The molecule has 0 radical (unpaired) electrons. The summed E-state index contributed by atoms with van der Waals surface area (Å²) in [5.41, 5.74) is 0.544. The van der Waals surface area contributed by atoms with Crippen molar-refractivity contribution in [1.82, 2.24) is 5.32 Å². The van der Waals surface area contributed by atoms with Gasteiger partial charge in [0.05, 0.1) is 5.60 Å². The van der Waals surface area contributed by atoms with Crippen LogP contribution in [0.4, 0.5) is 0 Å². The first-order valence-electron chi connectivity index (χ1n) is 6.16. The molecule has 0 saturated heterocycles. The molecule has 0 bridgehead atoms. The third kappa shape index (κ3) is 5.20. The number of aromatic hydroxyl groups is 1. The van der Waals surface area contributed by atoms with Crippen LogP contribution in [0, 0.1) is 0 Å². The largest absolute Gasteiger partial charge is 0.508 e. The number of nitrogens with one attached hydrogen (secondary N) is 1. The summed E-state index contributed by atoms with van der Waals surface area (Å²) in [4.78, 5) is 0. The molecule has 17 heavy (non-hydrogen) atoms. The van der Waals surface area contributed by atoms with E-state index in [4.69, 9.17) is 0 Å². The molecule has 3 heteroatoms. The molecule has 1 aromatic carbocycles. The number of phenols is 1. The maximum absolute atomic E-state index is 9.88. The quantitative estimate of drug-likeness (QED) is 0.710. The minimum atomic E-state index is -0.636. The molecular weight excluding hydrogens is 214 g/mol. The van der Waals surface area contributed by atoms with Gasteiger partial charge in [0, 0.05) is 12.6 Å². The van der Waals surface area contributed by atoms with Gasteiger partial charge in [0.1, 0.15) is 5.75 Å². The average Bonchev–Trinajstić information content (AvgIpc) is 2.30. The molecule has 0 fully saturated rings. The van der Waals surface area contributed by atoms with Gasteiger partial charge in [0.25, 0.3) is 0 Å². The Morgan fingerprint density at radius 3 is 2.41 bits per heavy atom. The topological polar surface area (TPSA) is 52.5 Å². The maximum atomic E-state index is 9.88. The van der Waals surface area contributed by atoms with Crippen LogP contribution in [0.2, 0.25) is 0 Å². The smallest absolute Gasteiger partial charge is 0.115 e. The highest BCUT2D eigenvalue weighted by Gasteiger charge is 2.17. The van der Waals surface area contributed by atoms with E-state index in [1.165, 1.54) is 5.56 Å². The minimum absolute atomic E-state index is 0.295. The fraction of sp³-hybridized carbons (Fsp3) is 0.571. The molecule has 0 aliphatic heterocycles. The first-order valence-corrected chi connectivity index (χ1v) is 6.16. The number of hydrogen-bond acceptors (Lipinski definition) is 3. The van der Waals surface area contributed by atoms with E-state index >= 15 is 0 Å². The van der Waals surface area contributed by atoms with Crippen molar-refractivity contribution < 1.29 is 10.2 Å². The van der Waals surface area contributed by atoms with Gasteiger partial charge in [-0.1, -0.05) is 19.1 Å². The second-order valence-corrected chi connectivity index (χ2v) is 5.00. The van der Waals surface area contributed by atoms with Crippen LogP contribution in [0.25, 0.3) is 0 Å². The summed E-state index contributed by atoms with van der Waals surface area (Å²) in [6.07, 6.45) is 1.63. The third-order valence-electron chi connectivity index (χ3n) is 3.07. The lowest BCUT2D eigenvalue weighted by Gasteiger charge is -2.24. The zero-order valence-electron chi connectivity index (χ0n) is 10.9. The van der Waals surface area contributed by atoms with Gasteiger partial charge in [0.15, 0.2) is 0 Å². The van der Waals surface area contributed by atoms with Crippen LogP contribution >= 0.6 is 0 Å². The predicted molar refractivity (Wildman–Crippen MR) is 70.2 cm³/mol. The van der Waals surface area contributed by atoms with Gasteiger partial charge in [-0.05, 0) is 44.4 Å². The first kappa shape index (κ1) is 14.0. The maximum Gasteiger partial charge on any atom is 0.115 e. The summed E-state index contributed by atoms with van der Waals surface area (Å²) in [6.45, 7) is 6.51. The van der Waals surface area contributed by atoms with Crippen molar-refractivity contribution in [1.29, 1.82) is 0 Å². The van der Waals surface area contributed by atoms with Crippen LogP contribution in [-0.4, -0.2) is 28.4 Å². The molecule has 0 saturated carbocycles. The predicted octanol–water partition coefficient (Wildman–Crippen LogP) is 2.07. The molecule has 1 rings (SSSR count). The molecule has 3 nitrogen and oxygen atoms in total. The molecule has 3 N–H and O–H groups in total. The number of phenolic OH excluding ortho intramolecular Hbond substituents is 1. The summed E-state index contributed by atoms with van der Waals surface area (Å²) in [5.74, 6) is 0.295. The van der Waals surface area contributed by atoms with Gasteiger partial charge < -0.3 is 15.5 Å². The zero-order chi connectivity index (χ0) is 12.9. The van der Waals surface area contributed by atoms with Gasteiger partial charge in [-0.15, -0.1) is 0 Å². The Hall–Kier alpha value is -1.06.